The van der Waals surface area contributed by atoms with E-state index in [9.17, 15) is 8.42 Å². The lowest BCUT2D eigenvalue weighted by Gasteiger charge is -2.12. The second-order valence-corrected chi connectivity index (χ2v) is 5.94. The van der Waals surface area contributed by atoms with Crippen LogP contribution in [0.25, 0.3) is 0 Å². The maximum Gasteiger partial charge on any atom is 0.206 e. The summed E-state index contributed by atoms with van der Waals surface area (Å²) in [6, 6.07) is 8.54. The van der Waals surface area contributed by atoms with Gasteiger partial charge in [-0.1, -0.05) is 37.3 Å². The third-order valence-corrected chi connectivity index (χ3v) is 4.46. The van der Waals surface area contributed by atoms with E-state index in [-0.39, 0.29) is 0 Å². The van der Waals surface area contributed by atoms with E-state index < -0.39 is 9.84 Å². The first-order chi connectivity index (χ1) is 7.60. The molecular weight excluding hydrogens is 220 g/mol. The Morgan fingerprint density at radius 3 is 2.44 bits per heavy atom. The highest BCUT2D eigenvalue weighted by atomic mass is 32.2. The van der Waals surface area contributed by atoms with Crippen LogP contribution in [0.5, 0.6) is 0 Å². The van der Waals surface area contributed by atoms with Crippen molar-refractivity contribution < 1.29 is 8.42 Å². The molecule has 84 valence electrons. The summed E-state index contributed by atoms with van der Waals surface area (Å²) in [6.07, 6.45) is 6.23. The molecule has 1 aromatic rings. The minimum absolute atomic E-state index is 0.362. The molecule has 0 spiro atoms. The summed E-state index contributed by atoms with van der Waals surface area (Å²) < 4.78 is 24.3. The Morgan fingerprint density at radius 1 is 1.19 bits per heavy atom. The van der Waals surface area contributed by atoms with Crippen LogP contribution in [0.3, 0.4) is 0 Å². The fourth-order valence-electron chi connectivity index (χ4n) is 1.64. The maximum atomic E-state index is 12.2. The van der Waals surface area contributed by atoms with E-state index in [2.05, 4.69) is 6.92 Å². The van der Waals surface area contributed by atoms with Gasteiger partial charge in [0.25, 0.3) is 0 Å². The lowest BCUT2D eigenvalue weighted by Crippen LogP contribution is -2.06. The van der Waals surface area contributed by atoms with Gasteiger partial charge in [-0.2, -0.15) is 0 Å². The standard InChI is InChI=1S/C13H14O2S/c1-11-7-9-13(10-8-11)16(14,15)12-5-3-2-4-6-12/h2-7,9-11H,8H2,1H3. The van der Waals surface area contributed by atoms with E-state index in [1.165, 1.54) is 0 Å². The van der Waals surface area contributed by atoms with E-state index >= 15 is 0 Å². The second-order valence-electron chi connectivity index (χ2n) is 4.00. The zero-order chi connectivity index (χ0) is 11.6. The lowest BCUT2D eigenvalue weighted by atomic mass is 10.0. The van der Waals surface area contributed by atoms with E-state index in [1.807, 2.05) is 12.1 Å². The van der Waals surface area contributed by atoms with Gasteiger partial charge in [-0.15, -0.1) is 0 Å². The lowest BCUT2D eigenvalue weighted by molar-refractivity contribution is 0.602. The molecule has 1 aliphatic carbocycles. The summed E-state index contributed by atoms with van der Waals surface area (Å²) in [4.78, 5) is 0.775. The number of rotatable bonds is 2. The van der Waals surface area contributed by atoms with Gasteiger partial charge in [0.05, 0.1) is 9.80 Å². The Hall–Kier alpha value is -1.35. The van der Waals surface area contributed by atoms with Gasteiger partial charge in [0.15, 0.2) is 0 Å². The Kier molecular flexibility index (Phi) is 2.97. The summed E-state index contributed by atoms with van der Waals surface area (Å²) in [5.74, 6) is 0.426. The zero-order valence-corrected chi connectivity index (χ0v) is 9.94. The first kappa shape index (κ1) is 11.1. The van der Waals surface area contributed by atoms with Gasteiger partial charge in [0.2, 0.25) is 9.84 Å². The molecule has 0 aliphatic heterocycles. The fraction of sp³-hybridized carbons (Fsp3) is 0.231. The molecule has 16 heavy (non-hydrogen) atoms. The van der Waals surface area contributed by atoms with Gasteiger partial charge in [-0.3, -0.25) is 0 Å². The Bertz CT molecular complexity index is 524. The number of allylic oxidation sites excluding steroid dienone is 3. The maximum absolute atomic E-state index is 12.2. The largest absolute Gasteiger partial charge is 0.219 e. The van der Waals surface area contributed by atoms with E-state index in [0.29, 0.717) is 15.7 Å². The molecule has 0 aromatic heterocycles. The van der Waals surface area contributed by atoms with Crippen molar-refractivity contribution >= 4 is 9.84 Å². The smallest absolute Gasteiger partial charge is 0.206 e. The Morgan fingerprint density at radius 2 is 1.88 bits per heavy atom. The third kappa shape index (κ3) is 2.09. The fourth-order valence-corrected chi connectivity index (χ4v) is 3.00. The van der Waals surface area contributed by atoms with Crippen LogP contribution in [0, 0.1) is 5.92 Å². The van der Waals surface area contributed by atoms with Crippen molar-refractivity contribution in [2.45, 2.75) is 18.2 Å². The quantitative estimate of drug-likeness (QED) is 0.788. The molecule has 0 amide bonds. The van der Waals surface area contributed by atoms with Gasteiger partial charge in [-0.05, 0) is 30.5 Å². The zero-order valence-electron chi connectivity index (χ0n) is 9.13. The predicted molar refractivity (Wildman–Crippen MR) is 64.6 cm³/mol. The summed E-state index contributed by atoms with van der Waals surface area (Å²) >= 11 is 0. The van der Waals surface area contributed by atoms with Crippen molar-refractivity contribution in [1.82, 2.24) is 0 Å². The summed E-state index contributed by atoms with van der Waals surface area (Å²) in [5.41, 5.74) is 0. The molecule has 0 heterocycles. The van der Waals surface area contributed by atoms with E-state index in [0.717, 1.165) is 6.42 Å². The normalized spacial score (nSPS) is 20.6. The van der Waals surface area contributed by atoms with Gasteiger partial charge >= 0.3 is 0 Å². The molecule has 0 radical (unpaired) electrons. The average Bonchev–Trinajstić information content (AvgIpc) is 2.31. The highest BCUT2D eigenvalue weighted by molar-refractivity contribution is 7.95. The van der Waals surface area contributed by atoms with Crippen LogP contribution in [0.1, 0.15) is 13.3 Å². The van der Waals surface area contributed by atoms with Gasteiger partial charge in [-0.25, -0.2) is 8.42 Å². The number of hydrogen-bond donors (Lipinski definition) is 0. The molecule has 1 aromatic carbocycles. The van der Waals surface area contributed by atoms with Crippen LogP contribution in [-0.2, 0) is 9.84 Å². The average molecular weight is 234 g/mol. The van der Waals surface area contributed by atoms with Crippen LogP contribution in [-0.4, -0.2) is 8.42 Å². The molecule has 0 saturated heterocycles. The monoisotopic (exact) mass is 234 g/mol. The molecular formula is C13H14O2S. The van der Waals surface area contributed by atoms with Crippen molar-refractivity contribution in [3.8, 4) is 0 Å². The molecule has 1 aliphatic rings. The van der Waals surface area contributed by atoms with Crippen molar-refractivity contribution in [2.75, 3.05) is 0 Å². The predicted octanol–water partition coefficient (Wildman–Crippen LogP) is 2.94. The molecule has 0 saturated carbocycles. The molecule has 1 atom stereocenters. The Labute approximate surface area is 96.2 Å². The minimum atomic E-state index is -3.31. The molecule has 2 nitrogen and oxygen atoms in total. The van der Waals surface area contributed by atoms with Crippen LogP contribution in [0.4, 0.5) is 0 Å². The van der Waals surface area contributed by atoms with Crippen molar-refractivity contribution in [3.63, 3.8) is 0 Å². The van der Waals surface area contributed by atoms with Gasteiger partial charge in [0, 0.05) is 0 Å². The molecule has 0 fully saturated rings. The van der Waals surface area contributed by atoms with Crippen molar-refractivity contribution in [3.05, 3.63) is 53.5 Å². The summed E-state index contributed by atoms with van der Waals surface area (Å²) in [7, 11) is -3.31. The molecule has 0 N–H and O–H groups in total. The number of benzene rings is 1. The van der Waals surface area contributed by atoms with Crippen molar-refractivity contribution in [2.24, 2.45) is 5.92 Å². The summed E-state index contributed by atoms with van der Waals surface area (Å²) in [5, 5.41) is 0. The van der Waals surface area contributed by atoms with Crippen LogP contribution >= 0.6 is 0 Å². The SMILES string of the molecule is CC1C=CC(S(=O)(=O)c2ccccc2)=CC1. The molecule has 1 unspecified atom stereocenters. The highest BCUT2D eigenvalue weighted by Crippen LogP contribution is 2.25. The van der Waals surface area contributed by atoms with Gasteiger partial charge in [0.1, 0.15) is 0 Å². The second kappa shape index (κ2) is 4.26. The molecule has 2 rings (SSSR count). The van der Waals surface area contributed by atoms with E-state index in [1.54, 1.807) is 36.4 Å². The van der Waals surface area contributed by atoms with Crippen LogP contribution in [0.2, 0.25) is 0 Å². The summed E-state index contributed by atoms with van der Waals surface area (Å²) in [6.45, 7) is 2.07. The van der Waals surface area contributed by atoms with Crippen LogP contribution < -0.4 is 0 Å². The topological polar surface area (TPSA) is 34.1 Å². The first-order valence-corrected chi connectivity index (χ1v) is 6.77. The van der Waals surface area contributed by atoms with Crippen LogP contribution in [0.15, 0.2) is 58.4 Å². The number of sulfone groups is 1. The van der Waals surface area contributed by atoms with E-state index in [4.69, 9.17) is 0 Å². The molecule has 0 bridgehead atoms. The van der Waals surface area contributed by atoms with Gasteiger partial charge < -0.3 is 0 Å². The first-order valence-electron chi connectivity index (χ1n) is 5.29. The van der Waals surface area contributed by atoms with Crippen molar-refractivity contribution in [1.29, 1.82) is 0 Å². The Balaban J connectivity index is 2.39. The number of hydrogen-bond acceptors (Lipinski definition) is 2. The highest BCUT2D eigenvalue weighted by Gasteiger charge is 2.19. The molecule has 3 heteroatoms. The minimum Gasteiger partial charge on any atom is -0.219 e. The third-order valence-electron chi connectivity index (χ3n) is 2.64.